The molecule has 52 valence electrons. The standard InChI is InChI=1S/C5H9NO3/c1-6-3-2-4(7)9-5(3)8/h3,5-6,8H,2H2,1H3. The lowest BCUT2D eigenvalue weighted by Crippen LogP contribution is -2.33. The van der Waals surface area contributed by atoms with Gasteiger partial charge in [-0.1, -0.05) is 0 Å². The highest BCUT2D eigenvalue weighted by molar-refractivity contribution is 5.72. The van der Waals surface area contributed by atoms with E-state index in [-0.39, 0.29) is 18.4 Å². The maximum Gasteiger partial charge on any atom is 0.309 e. The first-order valence-corrected chi connectivity index (χ1v) is 2.79. The molecule has 0 amide bonds. The average Bonchev–Trinajstić information content (AvgIpc) is 2.10. The SMILES string of the molecule is CNC1CC(=O)OC1O. The van der Waals surface area contributed by atoms with Crippen molar-refractivity contribution in [3.05, 3.63) is 0 Å². The Morgan fingerprint density at radius 1 is 1.89 bits per heavy atom. The van der Waals surface area contributed by atoms with Gasteiger partial charge in [0.1, 0.15) is 0 Å². The zero-order valence-corrected chi connectivity index (χ0v) is 5.13. The van der Waals surface area contributed by atoms with E-state index in [0.717, 1.165) is 0 Å². The van der Waals surface area contributed by atoms with Gasteiger partial charge in [-0.3, -0.25) is 4.79 Å². The van der Waals surface area contributed by atoms with Crippen molar-refractivity contribution < 1.29 is 14.6 Å². The Morgan fingerprint density at radius 3 is 2.78 bits per heavy atom. The fourth-order valence-electron chi connectivity index (χ4n) is 0.790. The molecule has 4 nitrogen and oxygen atoms in total. The minimum atomic E-state index is -0.956. The van der Waals surface area contributed by atoms with Crippen LogP contribution in [0.1, 0.15) is 6.42 Å². The van der Waals surface area contributed by atoms with Gasteiger partial charge in [0, 0.05) is 0 Å². The van der Waals surface area contributed by atoms with Gasteiger partial charge in [-0.05, 0) is 7.05 Å². The summed E-state index contributed by atoms with van der Waals surface area (Å²) in [6.07, 6.45) is -0.694. The van der Waals surface area contributed by atoms with Gasteiger partial charge >= 0.3 is 5.97 Å². The number of aliphatic hydroxyl groups excluding tert-OH is 1. The van der Waals surface area contributed by atoms with Crippen LogP contribution in [-0.2, 0) is 9.53 Å². The predicted octanol–water partition coefficient (Wildman–Crippen LogP) is -1.16. The summed E-state index contributed by atoms with van der Waals surface area (Å²) in [6, 6.07) is -0.225. The lowest BCUT2D eigenvalue weighted by Gasteiger charge is -2.08. The molecule has 2 atom stereocenters. The van der Waals surface area contributed by atoms with Crippen LogP contribution in [0.5, 0.6) is 0 Å². The highest BCUT2D eigenvalue weighted by Crippen LogP contribution is 2.10. The molecule has 0 bridgehead atoms. The molecule has 1 aliphatic rings. The summed E-state index contributed by atoms with van der Waals surface area (Å²) >= 11 is 0. The summed E-state index contributed by atoms with van der Waals surface area (Å²) in [5, 5.41) is 11.6. The smallest absolute Gasteiger partial charge is 0.309 e. The molecule has 1 saturated heterocycles. The van der Waals surface area contributed by atoms with Gasteiger partial charge in [-0.2, -0.15) is 0 Å². The van der Waals surface area contributed by atoms with Crippen molar-refractivity contribution >= 4 is 5.97 Å². The first-order chi connectivity index (χ1) is 4.24. The van der Waals surface area contributed by atoms with Crippen molar-refractivity contribution in [1.29, 1.82) is 0 Å². The lowest BCUT2D eigenvalue weighted by atomic mass is 10.2. The van der Waals surface area contributed by atoms with Gasteiger partial charge in [0.2, 0.25) is 6.29 Å². The number of carbonyl (C=O) groups is 1. The summed E-state index contributed by atoms with van der Waals surface area (Å²) in [5.41, 5.74) is 0. The third kappa shape index (κ3) is 1.20. The number of rotatable bonds is 1. The summed E-state index contributed by atoms with van der Waals surface area (Å²) in [4.78, 5) is 10.4. The average molecular weight is 131 g/mol. The van der Waals surface area contributed by atoms with Crippen molar-refractivity contribution in [2.75, 3.05) is 7.05 Å². The van der Waals surface area contributed by atoms with Crippen LogP contribution < -0.4 is 5.32 Å². The van der Waals surface area contributed by atoms with E-state index >= 15 is 0 Å². The highest BCUT2D eigenvalue weighted by Gasteiger charge is 2.31. The Labute approximate surface area is 52.8 Å². The summed E-state index contributed by atoms with van der Waals surface area (Å²) in [6.45, 7) is 0. The quantitative estimate of drug-likeness (QED) is 0.441. The molecule has 0 spiro atoms. The maximum absolute atomic E-state index is 10.4. The van der Waals surface area contributed by atoms with Crippen molar-refractivity contribution in [2.45, 2.75) is 18.8 Å². The third-order valence-corrected chi connectivity index (χ3v) is 1.35. The normalized spacial score (nSPS) is 34.7. The van der Waals surface area contributed by atoms with Gasteiger partial charge in [0.15, 0.2) is 0 Å². The monoisotopic (exact) mass is 131 g/mol. The molecule has 1 rings (SSSR count). The van der Waals surface area contributed by atoms with Crippen LogP contribution >= 0.6 is 0 Å². The number of carbonyl (C=O) groups excluding carboxylic acids is 1. The van der Waals surface area contributed by atoms with Crippen molar-refractivity contribution in [3.8, 4) is 0 Å². The Balaban J connectivity index is 2.47. The Hall–Kier alpha value is -0.610. The van der Waals surface area contributed by atoms with E-state index in [1.807, 2.05) is 0 Å². The van der Waals surface area contributed by atoms with Gasteiger partial charge in [-0.15, -0.1) is 0 Å². The highest BCUT2D eigenvalue weighted by atomic mass is 16.6. The van der Waals surface area contributed by atoms with Crippen LogP contribution in [0.25, 0.3) is 0 Å². The van der Waals surface area contributed by atoms with E-state index in [1.54, 1.807) is 7.05 Å². The number of cyclic esters (lactones) is 1. The maximum atomic E-state index is 10.4. The van der Waals surface area contributed by atoms with Gasteiger partial charge in [0.25, 0.3) is 0 Å². The van der Waals surface area contributed by atoms with Gasteiger partial charge in [-0.25, -0.2) is 0 Å². The fraction of sp³-hybridized carbons (Fsp3) is 0.800. The second-order valence-electron chi connectivity index (χ2n) is 1.98. The number of hydrogen-bond donors (Lipinski definition) is 2. The predicted molar refractivity (Wildman–Crippen MR) is 29.6 cm³/mol. The Bertz CT molecular complexity index is 125. The molecule has 0 saturated carbocycles. The van der Waals surface area contributed by atoms with E-state index < -0.39 is 6.29 Å². The Morgan fingerprint density at radius 2 is 2.56 bits per heavy atom. The van der Waals surface area contributed by atoms with Gasteiger partial charge < -0.3 is 15.2 Å². The molecule has 0 aliphatic carbocycles. The lowest BCUT2D eigenvalue weighted by molar-refractivity contribution is -0.154. The minimum Gasteiger partial charge on any atom is -0.434 e. The molecule has 1 fully saturated rings. The number of likely N-dealkylation sites (N-methyl/N-ethyl adjacent to an activating group) is 1. The second-order valence-corrected chi connectivity index (χ2v) is 1.98. The second kappa shape index (κ2) is 2.33. The molecule has 9 heavy (non-hydrogen) atoms. The fourth-order valence-corrected chi connectivity index (χ4v) is 0.790. The van der Waals surface area contributed by atoms with Crippen LogP contribution in [0.2, 0.25) is 0 Å². The summed E-state index contributed by atoms with van der Waals surface area (Å²) < 4.78 is 4.42. The Kier molecular flexibility index (Phi) is 1.68. The topological polar surface area (TPSA) is 58.6 Å². The molecule has 0 aromatic carbocycles. The first kappa shape index (κ1) is 6.51. The molecule has 1 aliphatic heterocycles. The molecular weight excluding hydrogens is 122 g/mol. The zero-order valence-electron chi connectivity index (χ0n) is 5.13. The summed E-state index contributed by atoms with van der Waals surface area (Å²) in [5.74, 6) is -0.346. The van der Waals surface area contributed by atoms with E-state index in [1.165, 1.54) is 0 Å². The first-order valence-electron chi connectivity index (χ1n) is 2.79. The van der Waals surface area contributed by atoms with Crippen LogP contribution in [0.15, 0.2) is 0 Å². The molecule has 0 radical (unpaired) electrons. The van der Waals surface area contributed by atoms with E-state index in [0.29, 0.717) is 0 Å². The van der Waals surface area contributed by atoms with E-state index in [2.05, 4.69) is 10.1 Å². The molecular formula is C5H9NO3. The number of ether oxygens (including phenoxy) is 1. The molecule has 2 unspecified atom stereocenters. The number of esters is 1. The molecule has 0 aromatic heterocycles. The van der Waals surface area contributed by atoms with Crippen molar-refractivity contribution in [2.24, 2.45) is 0 Å². The largest absolute Gasteiger partial charge is 0.434 e. The van der Waals surface area contributed by atoms with Crippen LogP contribution in [0.4, 0.5) is 0 Å². The molecule has 1 heterocycles. The number of hydrogen-bond acceptors (Lipinski definition) is 4. The van der Waals surface area contributed by atoms with Crippen LogP contribution in [0, 0.1) is 0 Å². The number of aliphatic hydroxyl groups is 1. The van der Waals surface area contributed by atoms with E-state index in [9.17, 15) is 4.79 Å². The molecule has 2 N–H and O–H groups in total. The van der Waals surface area contributed by atoms with Crippen LogP contribution in [0.3, 0.4) is 0 Å². The zero-order chi connectivity index (χ0) is 6.85. The van der Waals surface area contributed by atoms with Gasteiger partial charge in [0.05, 0.1) is 12.5 Å². The number of nitrogens with one attached hydrogen (secondary N) is 1. The van der Waals surface area contributed by atoms with Crippen molar-refractivity contribution in [3.63, 3.8) is 0 Å². The third-order valence-electron chi connectivity index (χ3n) is 1.35. The minimum absolute atomic E-state index is 0.225. The van der Waals surface area contributed by atoms with E-state index in [4.69, 9.17) is 5.11 Å². The summed E-state index contributed by atoms with van der Waals surface area (Å²) in [7, 11) is 1.68. The van der Waals surface area contributed by atoms with Crippen LogP contribution in [-0.4, -0.2) is 30.5 Å². The molecule has 4 heteroatoms. The molecule has 0 aromatic rings. The van der Waals surface area contributed by atoms with Crippen molar-refractivity contribution in [1.82, 2.24) is 5.32 Å².